The number of fused-ring (bicyclic) bond motifs is 3. The van der Waals surface area contributed by atoms with Gasteiger partial charge >= 0.3 is 0 Å². The van der Waals surface area contributed by atoms with Gasteiger partial charge in [0.25, 0.3) is 0 Å². The molecule has 0 saturated heterocycles. The molecule has 0 amide bonds. The Kier molecular flexibility index (Phi) is 1.50. The topological polar surface area (TPSA) is 3.24 Å². The van der Waals surface area contributed by atoms with Gasteiger partial charge in [-0.25, -0.2) is 4.90 Å². The van der Waals surface area contributed by atoms with E-state index in [1.807, 2.05) is 0 Å². The van der Waals surface area contributed by atoms with Crippen LogP contribution in [0.3, 0.4) is 0 Å². The lowest BCUT2D eigenvalue weighted by Gasteiger charge is -2.10. The molecule has 0 spiro atoms. The first-order chi connectivity index (χ1) is 6.90. The van der Waals surface area contributed by atoms with Gasteiger partial charge in [-0.1, -0.05) is 18.2 Å². The normalized spacial score (nSPS) is 17.1. The number of para-hydroxylation sites is 1. The molecule has 0 fully saturated rings. The largest absolute Gasteiger partial charge is 0.213 e. The summed E-state index contributed by atoms with van der Waals surface area (Å²) in [4.78, 5) is 2.34. The van der Waals surface area contributed by atoms with Crippen molar-refractivity contribution in [1.82, 2.24) is 0 Å². The second-order valence-electron chi connectivity index (χ2n) is 3.72. The molecule has 2 aliphatic rings. The Morgan fingerprint density at radius 2 is 2.21 bits per heavy atom. The molecule has 1 aromatic rings. The standard InChI is InChI=1S/C13H12N/c1-2-11-7-8-12-9-10-5-3-4-6-13(10)14(11)12/h3-7H,2,9H2,1H3/q+1. The molecule has 3 rings (SSSR count). The summed E-state index contributed by atoms with van der Waals surface area (Å²) in [7, 11) is 0. The minimum Gasteiger partial charge on any atom is -0.213 e. The van der Waals surface area contributed by atoms with Crippen LogP contribution in [-0.4, -0.2) is 0 Å². The van der Waals surface area contributed by atoms with Crippen molar-refractivity contribution in [2.75, 3.05) is 4.90 Å². The van der Waals surface area contributed by atoms with Gasteiger partial charge in [-0.05, 0) is 18.6 Å². The summed E-state index contributed by atoms with van der Waals surface area (Å²) < 4.78 is 0. The molecule has 2 aliphatic heterocycles. The highest BCUT2D eigenvalue weighted by molar-refractivity contribution is 5.71. The minimum absolute atomic E-state index is 1.04. The smallest absolute Gasteiger partial charge is 0.192 e. The molecule has 0 aliphatic carbocycles. The molecule has 0 radical (unpaired) electrons. The molecule has 0 unspecified atom stereocenters. The maximum atomic E-state index is 3.35. The van der Waals surface area contributed by atoms with Gasteiger partial charge in [-0.3, -0.25) is 0 Å². The van der Waals surface area contributed by atoms with Crippen LogP contribution in [0.25, 0.3) is 0 Å². The molecule has 0 atom stereocenters. The lowest BCUT2D eigenvalue weighted by molar-refractivity contribution is 1.00. The van der Waals surface area contributed by atoms with Gasteiger partial charge in [0.1, 0.15) is 6.08 Å². The van der Waals surface area contributed by atoms with Crippen LogP contribution in [0.15, 0.2) is 41.7 Å². The number of anilines is 1. The Hall–Kier alpha value is -1.59. The van der Waals surface area contributed by atoms with Gasteiger partial charge in [0.15, 0.2) is 17.5 Å². The van der Waals surface area contributed by atoms with Crippen LogP contribution < -0.4 is 4.90 Å². The van der Waals surface area contributed by atoms with E-state index in [0.29, 0.717) is 0 Å². The third-order valence-corrected chi connectivity index (χ3v) is 2.92. The van der Waals surface area contributed by atoms with Crippen molar-refractivity contribution in [3.8, 4) is 0 Å². The predicted molar refractivity (Wildman–Crippen MR) is 57.8 cm³/mol. The quantitative estimate of drug-likeness (QED) is 0.603. The first-order valence-corrected chi connectivity index (χ1v) is 5.09. The zero-order valence-electron chi connectivity index (χ0n) is 8.25. The first kappa shape index (κ1) is 7.78. The highest BCUT2D eigenvalue weighted by atomic mass is 15.2. The maximum Gasteiger partial charge on any atom is 0.192 e. The number of hydrogen-bond donors (Lipinski definition) is 0. The molecule has 1 aromatic carbocycles. The van der Waals surface area contributed by atoms with E-state index in [-0.39, 0.29) is 0 Å². The van der Waals surface area contributed by atoms with Crippen molar-refractivity contribution in [3.05, 3.63) is 53.4 Å². The van der Waals surface area contributed by atoms with E-state index in [1.165, 1.54) is 22.6 Å². The van der Waals surface area contributed by atoms with Crippen molar-refractivity contribution < 1.29 is 0 Å². The monoisotopic (exact) mass is 182 g/mol. The summed E-state index contributed by atoms with van der Waals surface area (Å²) in [6.07, 6.45) is 7.58. The fourth-order valence-corrected chi connectivity index (χ4v) is 2.22. The average Bonchev–Trinajstić information content (AvgIpc) is 2.75. The summed E-state index contributed by atoms with van der Waals surface area (Å²) in [5, 5.41) is 0. The first-order valence-electron chi connectivity index (χ1n) is 5.09. The van der Waals surface area contributed by atoms with E-state index in [4.69, 9.17) is 0 Å². The summed E-state index contributed by atoms with van der Waals surface area (Å²) in [5.41, 5.74) is 5.45. The van der Waals surface area contributed by atoms with E-state index in [9.17, 15) is 0 Å². The summed E-state index contributed by atoms with van der Waals surface area (Å²) >= 11 is 0. The third kappa shape index (κ3) is 0.878. The lowest BCUT2D eigenvalue weighted by Crippen LogP contribution is -2.13. The van der Waals surface area contributed by atoms with E-state index in [1.54, 1.807) is 0 Å². The van der Waals surface area contributed by atoms with Crippen LogP contribution >= 0.6 is 0 Å². The summed E-state index contributed by atoms with van der Waals surface area (Å²) in [6.45, 7) is 2.19. The summed E-state index contributed by atoms with van der Waals surface area (Å²) in [5.74, 6) is 0. The molecule has 0 aromatic heterocycles. The minimum atomic E-state index is 1.04. The van der Waals surface area contributed by atoms with Crippen LogP contribution in [0.4, 0.5) is 5.69 Å². The fourth-order valence-electron chi connectivity index (χ4n) is 2.22. The Labute approximate surface area is 84.4 Å². The van der Waals surface area contributed by atoms with E-state index in [0.717, 1.165) is 12.8 Å². The molecule has 14 heavy (non-hydrogen) atoms. The van der Waals surface area contributed by atoms with E-state index < -0.39 is 0 Å². The molecule has 2 heterocycles. The number of rotatable bonds is 1. The number of hydrogen-bond acceptors (Lipinski definition) is 1. The Balaban J connectivity index is 2.12. The zero-order valence-corrected chi connectivity index (χ0v) is 8.25. The lowest BCUT2D eigenvalue weighted by atomic mass is 10.1. The van der Waals surface area contributed by atoms with Gasteiger partial charge in [-0.2, -0.15) is 0 Å². The van der Waals surface area contributed by atoms with Gasteiger partial charge in [0, 0.05) is 6.42 Å². The second kappa shape index (κ2) is 2.70. The molecule has 1 heteroatoms. The molecule has 68 valence electrons. The third-order valence-electron chi connectivity index (χ3n) is 2.92. The van der Waals surface area contributed by atoms with E-state index in [2.05, 4.69) is 48.2 Å². The molecule has 1 nitrogen and oxygen atoms in total. The number of allylic oxidation sites excluding steroid dienone is 4. The molecule has 0 N–H and O–H groups in total. The Morgan fingerprint density at radius 3 is 3.07 bits per heavy atom. The second-order valence-corrected chi connectivity index (χ2v) is 3.72. The van der Waals surface area contributed by atoms with Gasteiger partial charge in [0.05, 0.1) is 12.1 Å². The summed E-state index contributed by atoms with van der Waals surface area (Å²) in [6, 6.07) is 8.61. The van der Waals surface area contributed by atoms with Crippen LogP contribution in [0.1, 0.15) is 18.9 Å². The van der Waals surface area contributed by atoms with Gasteiger partial charge in [0.2, 0.25) is 0 Å². The number of benzene rings is 1. The molecule has 0 bridgehead atoms. The molecule has 0 saturated carbocycles. The Bertz CT molecular complexity index is 438. The van der Waals surface area contributed by atoms with Crippen molar-refractivity contribution >= 4 is 5.69 Å². The number of nitrogens with zero attached hydrogens (tertiary/aromatic N) is 1. The van der Waals surface area contributed by atoms with Gasteiger partial charge in [-0.15, -0.1) is 0 Å². The molecular weight excluding hydrogens is 170 g/mol. The van der Waals surface area contributed by atoms with Crippen LogP contribution in [0, 0.1) is 6.08 Å². The van der Waals surface area contributed by atoms with E-state index >= 15 is 0 Å². The SMILES string of the molecule is CCC1=C[C+]=C2Cc3ccccc3N21. The van der Waals surface area contributed by atoms with Crippen molar-refractivity contribution in [2.45, 2.75) is 19.8 Å². The fraction of sp³-hybridized carbons (Fsp3) is 0.231. The van der Waals surface area contributed by atoms with Crippen LogP contribution in [0.2, 0.25) is 0 Å². The highest BCUT2D eigenvalue weighted by Gasteiger charge is 2.36. The highest BCUT2D eigenvalue weighted by Crippen LogP contribution is 2.40. The van der Waals surface area contributed by atoms with Crippen molar-refractivity contribution in [1.29, 1.82) is 0 Å². The van der Waals surface area contributed by atoms with Crippen LogP contribution in [-0.2, 0) is 6.42 Å². The average molecular weight is 182 g/mol. The Morgan fingerprint density at radius 1 is 1.36 bits per heavy atom. The van der Waals surface area contributed by atoms with Crippen LogP contribution in [0.5, 0.6) is 0 Å². The maximum absolute atomic E-state index is 3.35. The van der Waals surface area contributed by atoms with Gasteiger partial charge < -0.3 is 0 Å². The zero-order chi connectivity index (χ0) is 9.54. The predicted octanol–water partition coefficient (Wildman–Crippen LogP) is 3.04. The molecular formula is C13H12N+. The van der Waals surface area contributed by atoms with Crippen molar-refractivity contribution in [3.63, 3.8) is 0 Å². The van der Waals surface area contributed by atoms with Crippen molar-refractivity contribution in [2.24, 2.45) is 0 Å².